The third-order valence-electron chi connectivity index (χ3n) is 2.69. The van der Waals surface area contributed by atoms with Crippen LogP contribution in [0.25, 0.3) is 0 Å². The van der Waals surface area contributed by atoms with Crippen molar-refractivity contribution in [3.8, 4) is 0 Å². The summed E-state index contributed by atoms with van der Waals surface area (Å²) in [6, 6.07) is 3.62. The number of hydrogen-bond donors (Lipinski definition) is 2. The fraction of sp³-hybridized carbons (Fsp3) is 0.429. The van der Waals surface area contributed by atoms with Crippen molar-refractivity contribution in [3.63, 3.8) is 0 Å². The summed E-state index contributed by atoms with van der Waals surface area (Å²) in [4.78, 5) is 23.4. The number of carbonyl (C=O) groups is 2. The smallest absolute Gasteiger partial charge is 0.341 e. The molecule has 1 unspecified atom stereocenters. The van der Waals surface area contributed by atoms with Crippen LogP contribution in [0.4, 0.5) is 10.1 Å². The number of methoxy groups -OCH3 is 1. The summed E-state index contributed by atoms with van der Waals surface area (Å²) in [7, 11) is 1.56. The van der Waals surface area contributed by atoms with Crippen molar-refractivity contribution in [1.29, 1.82) is 0 Å². The van der Waals surface area contributed by atoms with Crippen LogP contribution in [0.2, 0.25) is 0 Å². The highest BCUT2D eigenvalue weighted by Crippen LogP contribution is 2.13. The van der Waals surface area contributed by atoms with Crippen molar-refractivity contribution in [3.05, 3.63) is 29.6 Å². The first-order valence-corrected chi connectivity index (χ1v) is 6.48. The van der Waals surface area contributed by atoms with Gasteiger partial charge in [0.15, 0.2) is 6.10 Å². The number of rotatable bonds is 7. The number of nitrogen functional groups attached to an aromatic ring is 1. The van der Waals surface area contributed by atoms with E-state index in [1.165, 1.54) is 19.1 Å². The molecular formula is C14H19FN2O4. The average molecular weight is 298 g/mol. The van der Waals surface area contributed by atoms with Gasteiger partial charge in [0.1, 0.15) is 5.82 Å². The Kier molecular flexibility index (Phi) is 6.61. The number of nitrogens with two attached hydrogens (primary N) is 1. The molecule has 0 fully saturated rings. The van der Waals surface area contributed by atoms with Crippen LogP contribution in [0.15, 0.2) is 18.2 Å². The molecule has 3 N–H and O–H groups in total. The van der Waals surface area contributed by atoms with Crippen LogP contribution in [0, 0.1) is 5.82 Å². The van der Waals surface area contributed by atoms with Crippen molar-refractivity contribution in [1.82, 2.24) is 5.32 Å². The summed E-state index contributed by atoms with van der Waals surface area (Å²) in [5, 5.41) is 2.59. The molecule has 0 bridgehead atoms. The van der Waals surface area contributed by atoms with E-state index in [-0.39, 0.29) is 11.3 Å². The van der Waals surface area contributed by atoms with Gasteiger partial charge in [-0.1, -0.05) is 0 Å². The normalized spacial score (nSPS) is 11.8. The number of amides is 1. The maximum absolute atomic E-state index is 13.5. The van der Waals surface area contributed by atoms with Gasteiger partial charge in [-0.2, -0.15) is 0 Å². The molecule has 1 aromatic rings. The Bertz CT molecular complexity index is 508. The van der Waals surface area contributed by atoms with Gasteiger partial charge < -0.3 is 20.5 Å². The minimum absolute atomic E-state index is 0.202. The fourth-order valence-corrected chi connectivity index (χ4v) is 1.55. The van der Waals surface area contributed by atoms with E-state index in [1.54, 1.807) is 7.11 Å². The Labute approximate surface area is 122 Å². The zero-order valence-electron chi connectivity index (χ0n) is 12.0. The van der Waals surface area contributed by atoms with Gasteiger partial charge >= 0.3 is 5.97 Å². The largest absolute Gasteiger partial charge is 0.449 e. The summed E-state index contributed by atoms with van der Waals surface area (Å²) in [6.07, 6.45) is -0.368. The standard InChI is InChI=1S/C14H19FN2O4/c1-9(13(18)17-6-3-7-20-2)21-14(19)11-5-4-10(16)8-12(11)15/h4-5,8-9H,3,6-7,16H2,1-2H3,(H,17,18). The number of carbonyl (C=O) groups excluding carboxylic acids is 2. The molecule has 116 valence electrons. The number of halogens is 1. The lowest BCUT2D eigenvalue weighted by Gasteiger charge is -2.13. The van der Waals surface area contributed by atoms with Gasteiger partial charge in [0.25, 0.3) is 5.91 Å². The fourth-order valence-electron chi connectivity index (χ4n) is 1.55. The van der Waals surface area contributed by atoms with Crippen LogP contribution >= 0.6 is 0 Å². The van der Waals surface area contributed by atoms with Crippen molar-refractivity contribution in [2.24, 2.45) is 0 Å². The van der Waals surface area contributed by atoms with Crippen LogP contribution < -0.4 is 11.1 Å². The van der Waals surface area contributed by atoms with Crippen LogP contribution in [0.3, 0.4) is 0 Å². The minimum atomic E-state index is -1.02. The number of anilines is 1. The molecule has 21 heavy (non-hydrogen) atoms. The van der Waals surface area contributed by atoms with Crippen LogP contribution in [-0.4, -0.2) is 38.2 Å². The summed E-state index contributed by atoms with van der Waals surface area (Å²) in [6.45, 7) is 2.34. The van der Waals surface area contributed by atoms with E-state index >= 15 is 0 Å². The molecule has 1 rings (SSSR count). The van der Waals surface area contributed by atoms with E-state index in [9.17, 15) is 14.0 Å². The Hall–Kier alpha value is -2.15. The van der Waals surface area contributed by atoms with E-state index < -0.39 is 23.8 Å². The first kappa shape index (κ1) is 16.9. The van der Waals surface area contributed by atoms with Gasteiger partial charge in [0.2, 0.25) is 0 Å². The Morgan fingerprint density at radius 1 is 1.43 bits per heavy atom. The monoisotopic (exact) mass is 298 g/mol. The molecule has 0 aromatic heterocycles. The Balaban J connectivity index is 2.51. The van der Waals surface area contributed by atoms with E-state index in [0.29, 0.717) is 19.6 Å². The number of nitrogens with one attached hydrogen (secondary N) is 1. The molecule has 0 spiro atoms. The quantitative estimate of drug-likeness (QED) is 0.447. The SMILES string of the molecule is COCCCNC(=O)C(C)OC(=O)c1ccc(N)cc1F. The Morgan fingerprint density at radius 2 is 2.14 bits per heavy atom. The molecule has 0 saturated carbocycles. The predicted octanol–water partition coefficient (Wildman–Crippen LogP) is 1.11. The maximum atomic E-state index is 13.5. The molecule has 7 heteroatoms. The third kappa shape index (κ3) is 5.39. The second-order valence-corrected chi connectivity index (χ2v) is 4.42. The van der Waals surface area contributed by atoms with E-state index in [2.05, 4.69) is 5.32 Å². The second-order valence-electron chi connectivity index (χ2n) is 4.42. The number of ether oxygens (including phenoxy) is 2. The van der Waals surface area contributed by atoms with Gasteiger partial charge in [0.05, 0.1) is 5.56 Å². The van der Waals surface area contributed by atoms with E-state index in [0.717, 1.165) is 6.07 Å². The van der Waals surface area contributed by atoms with Crippen LogP contribution in [-0.2, 0) is 14.3 Å². The Morgan fingerprint density at radius 3 is 2.76 bits per heavy atom. The molecule has 0 aliphatic heterocycles. The number of hydrogen-bond acceptors (Lipinski definition) is 5. The lowest BCUT2D eigenvalue weighted by Crippen LogP contribution is -2.36. The number of benzene rings is 1. The highest BCUT2D eigenvalue weighted by Gasteiger charge is 2.20. The summed E-state index contributed by atoms with van der Waals surface area (Å²) < 4.78 is 23.3. The van der Waals surface area contributed by atoms with E-state index in [4.69, 9.17) is 15.2 Å². The van der Waals surface area contributed by atoms with Crippen molar-refractivity contribution >= 4 is 17.6 Å². The predicted molar refractivity (Wildman–Crippen MR) is 75.2 cm³/mol. The molecular weight excluding hydrogens is 279 g/mol. The topological polar surface area (TPSA) is 90.6 Å². The van der Waals surface area contributed by atoms with Crippen LogP contribution in [0.1, 0.15) is 23.7 Å². The third-order valence-corrected chi connectivity index (χ3v) is 2.69. The lowest BCUT2D eigenvalue weighted by atomic mass is 10.2. The zero-order chi connectivity index (χ0) is 15.8. The van der Waals surface area contributed by atoms with Gasteiger partial charge in [-0.3, -0.25) is 4.79 Å². The molecule has 1 amide bonds. The molecule has 0 saturated heterocycles. The van der Waals surface area contributed by atoms with Crippen molar-refractivity contribution in [2.75, 3.05) is 26.0 Å². The molecule has 0 aliphatic rings. The average Bonchev–Trinajstić information content (AvgIpc) is 2.43. The highest BCUT2D eigenvalue weighted by atomic mass is 19.1. The highest BCUT2D eigenvalue weighted by molar-refractivity contribution is 5.92. The first-order valence-electron chi connectivity index (χ1n) is 6.48. The lowest BCUT2D eigenvalue weighted by molar-refractivity contribution is -0.129. The second kappa shape index (κ2) is 8.21. The van der Waals surface area contributed by atoms with Crippen molar-refractivity contribution < 1.29 is 23.5 Å². The van der Waals surface area contributed by atoms with Gasteiger partial charge in [0, 0.05) is 25.9 Å². The number of esters is 1. The molecule has 6 nitrogen and oxygen atoms in total. The minimum Gasteiger partial charge on any atom is -0.449 e. The first-order chi connectivity index (χ1) is 9.95. The maximum Gasteiger partial charge on any atom is 0.341 e. The molecule has 0 heterocycles. The van der Waals surface area contributed by atoms with Gasteiger partial charge in [-0.15, -0.1) is 0 Å². The molecule has 0 radical (unpaired) electrons. The summed E-state index contributed by atoms with van der Waals surface area (Å²) >= 11 is 0. The molecule has 0 aliphatic carbocycles. The van der Waals surface area contributed by atoms with Gasteiger partial charge in [-0.05, 0) is 31.5 Å². The molecule has 1 atom stereocenters. The van der Waals surface area contributed by atoms with E-state index in [1.807, 2.05) is 0 Å². The van der Waals surface area contributed by atoms with Gasteiger partial charge in [-0.25, -0.2) is 9.18 Å². The zero-order valence-corrected chi connectivity index (χ0v) is 12.0. The summed E-state index contributed by atoms with van der Waals surface area (Å²) in [5.41, 5.74) is 5.33. The van der Waals surface area contributed by atoms with Crippen LogP contribution in [0.5, 0.6) is 0 Å². The summed E-state index contributed by atoms with van der Waals surface area (Å²) in [5.74, 6) is -2.14. The molecule has 1 aromatic carbocycles. The van der Waals surface area contributed by atoms with Crippen molar-refractivity contribution in [2.45, 2.75) is 19.4 Å².